The molecule has 31 heavy (non-hydrogen) atoms. The molecule has 2 aromatic carbocycles. The van der Waals surface area contributed by atoms with Gasteiger partial charge in [0.2, 0.25) is 5.91 Å². The molecule has 3 aromatic rings. The minimum atomic E-state index is -4.56. The second-order valence-electron chi connectivity index (χ2n) is 7.77. The minimum absolute atomic E-state index is 0.167. The number of anilines is 1. The van der Waals surface area contributed by atoms with Gasteiger partial charge in [-0.25, -0.2) is 0 Å². The lowest BCUT2D eigenvalue weighted by molar-refractivity contribution is -0.138. The van der Waals surface area contributed by atoms with Crippen LogP contribution in [0.25, 0.3) is 10.9 Å². The first-order valence-electron chi connectivity index (χ1n) is 9.93. The first kappa shape index (κ1) is 21.0. The summed E-state index contributed by atoms with van der Waals surface area (Å²) in [7, 11) is 1.37. The number of alkyl halides is 3. The third-order valence-electron chi connectivity index (χ3n) is 5.92. The Morgan fingerprint density at radius 1 is 1.13 bits per heavy atom. The Kier molecular flexibility index (Phi) is 5.24. The van der Waals surface area contributed by atoms with Crippen molar-refractivity contribution in [2.24, 2.45) is 5.92 Å². The molecule has 5 nitrogen and oxygen atoms in total. The van der Waals surface area contributed by atoms with Gasteiger partial charge in [0.1, 0.15) is 6.54 Å². The van der Waals surface area contributed by atoms with E-state index in [4.69, 9.17) is 0 Å². The highest BCUT2D eigenvalue weighted by Gasteiger charge is 2.37. The first-order chi connectivity index (χ1) is 14.7. The van der Waals surface area contributed by atoms with Crippen LogP contribution < -0.4 is 4.90 Å². The van der Waals surface area contributed by atoms with Gasteiger partial charge >= 0.3 is 12.1 Å². The first-order valence-corrected chi connectivity index (χ1v) is 9.93. The molecule has 0 bridgehead atoms. The van der Waals surface area contributed by atoms with Crippen molar-refractivity contribution in [1.82, 2.24) is 4.57 Å². The summed E-state index contributed by atoms with van der Waals surface area (Å²) in [5.74, 6) is -1.81. The number of rotatable bonds is 4. The molecule has 4 rings (SSSR count). The van der Waals surface area contributed by atoms with Gasteiger partial charge in [0.15, 0.2) is 0 Å². The number of halogens is 3. The second-order valence-corrected chi connectivity index (χ2v) is 7.77. The zero-order valence-corrected chi connectivity index (χ0v) is 16.8. The van der Waals surface area contributed by atoms with Crippen LogP contribution in [-0.2, 0) is 35.2 Å². The SMILES string of the molecule is CN(C(=O)C1CCc2c(c3ccccc3n2CC(=O)O)C1)c1ccccc1C(F)(F)F. The Bertz CT molecular complexity index is 1170. The summed E-state index contributed by atoms with van der Waals surface area (Å²) in [6.45, 7) is -0.173. The number of para-hydroxylation sites is 2. The number of hydrogen-bond donors (Lipinski definition) is 1. The smallest absolute Gasteiger partial charge is 0.418 e. The van der Waals surface area contributed by atoms with Crippen molar-refractivity contribution in [3.8, 4) is 0 Å². The quantitative estimate of drug-likeness (QED) is 0.662. The predicted molar refractivity (Wildman–Crippen MR) is 110 cm³/mol. The van der Waals surface area contributed by atoms with Crippen molar-refractivity contribution >= 4 is 28.5 Å². The maximum atomic E-state index is 13.4. The Morgan fingerprint density at radius 2 is 1.81 bits per heavy atom. The molecule has 1 N–H and O–H groups in total. The Labute approximate surface area is 176 Å². The molecular weight excluding hydrogens is 409 g/mol. The molecule has 1 aromatic heterocycles. The highest BCUT2D eigenvalue weighted by molar-refractivity contribution is 5.96. The van der Waals surface area contributed by atoms with Gasteiger partial charge in [-0.15, -0.1) is 0 Å². The van der Waals surface area contributed by atoms with Crippen LogP contribution >= 0.6 is 0 Å². The number of carboxylic acids is 1. The van der Waals surface area contributed by atoms with E-state index in [0.29, 0.717) is 19.3 Å². The van der Waals surface area contributed by atoms with E-state index in [9.17, 15) is 27.9 Å². The number of carbonyl (C=O) groups excluding carboxylic acids is 1. The third-order valence-corrected chi connectivity index (χ3v) is 5.92. The fraction of sp³-hybridized carbons (Fsp3) is 0.304. The summed E-state index contributed by atoms with van der Waals surface area (Å²) in [5.41, 5.74) is 1.56. The maximum absolute atomic E-state index is 13.4. The highest BCUT2D eigenvalue weighted by atomic mass is 19.4. The van der Waals surface area contributed by atoms with Crippen molar-refractivity contribution in [3.63, 3.8) is 0 Å². The van der Waals surface area contributed by atoms with E-state index in [1.807, 2.05) is 24.3 Å². The van der Waals surface area contributed by atoms with Crippen LogP contribution in [-0.4, -0.2) is 28.6 Å². The van der Waals surface area contributed by atoms with Crippen molar-refractivity contribution in [1.29, 1.82) is 0 Å². The van der Waals surface area contributed by atoms with Crippen LogP contribution in [0.1, 0.15) is 23.2 Å². The van der Waals surface area contributed by atoms with Gasteiger partial charge in [-0.2, -0.15) is 13.2 Å². The van der Waals surface area contributed by atoms with Gasteiger partial charge in [0.05, 0.1) is 11.3 Å². The molecule has 1 atom stereocenters. The maximum Gasteiger partial charge on any atom is 0.418 e. The van der Waals surface area contributed by atoms with Gasteiger partial charge in [-0.05, 0) is 43.0 Å². The number of nitrogens with zero attached hydrogens (tertiary/aromatic N) is 2. The highest BCUT2D eigenvalue weighted by Crippen LogP contribution is 2.38. The number of benzene rings is 2. The molecule has 0 saturated carbocycles. The second kappa shape index (κ2) is 7.76. The van der Waals surface area contributed by atoms with E-state index in [2.05, 4.69) is 0 Å². The number of aromatic nitrogens is 1. The Hall–Kier alpha value is -3.29. The summed E-state index contributed by atoms with van der Waals surface area (Å²) in [5, 5.41) is 10.2. The number of amides is 1. The fourth-order valence-electron chi connectivity index (χ4n) is 4.53. The molecule has 0 aliphatic heterocycles. The number of aliphatic carboxylic acids is 1. The van der Waals surface area contributed by atoms with Gasteiger partial charge in [0, 0.05) is 29.6 Å². The van der Waals surface area contributed by atoms with Crippen LogP contribution in [0.15, 0.2) is 48.5 Å². The Morgan fingerprint density at radius 3 is 2.52 bits per heavy atom. The van der Waals surface area contributed by atoms with E-state index < -0.39 is 23.6 Å². The normalized spacial score (nSPS) is 16.2. The molecule has 1 amide bonds. The lowest BCUT2D eigenvalue weighted by Crippen LogP contribution is -2.37. The molecular formula is C23H21F3N2O3. The summed E-state index contributed by atoms with van der Waals surface area (Å²) >= 11 is 0. The topological polar surface area (TPSA) is 62.5 Å². The van der Waals surface area contributed by atoms with E-state index in [0.717, 1.165) is 33.1 Å². The molecule has 1 heterocycles. The van der Waals surface area contributed by atoms with Gasteiger partial charge < -0.3 is 14.6 Å². The summed E-state index contributed by atoms with van der Waals surface area (Å²) in [4.78, 5) is 25.6. The molecule has 8 heteroatoms. The fourth-order valence-corrected chi connectivity index (χ4v) is 4.53. The van der Waals surface area contributed by atoms with Gasteiger partial charge in [0.25, 0.3) is 0 Å². The monoisotopic (exact) mass is 430 g/mol. The van der Waals surface area contributed by atoms with Crippen molar-refractivity contribution in [2.45, 2.75) is 32.0 Å². The molecule has 0 spiro atoms. The molecule has 1 unspecified atom stereocenters. The van der Waals surface area contributed by atoms with Crippen LogP contribution in [0.5, 0.6) is 0 Å². The van der Waals surface area contributed by atoms with E-state index in [-0.39, 0.29) is 18.1 Å². The zero-order chi connectivity index (χ0) is 22.3. The lowest BCUT2D eigenvalue weighted by Gasteiger charge is -2.29. The molecule has 0 radical (unpaired) electrons. The van der Waals surface area contributed by atoms with E-state index >= 15 is 0 Å². The van der Waals surface area contributed by atoms with Crippen molar-refractivity contribution in [3.05, 3.63) is 65.4 Å². The van der Waals surface area contributed by atoms with Crippen LogP contribution in [0, 0.1) is 5.92 Å². The standard InChI is InChI=1S/C23H21F3N2O3/c1-27(20-9-5-3-7-17(20)23(24,25)26)22(31)14-10-11-19-16(12-14)15-6-2-4-8-18(15)28(19)13-21(29)30/h2-9,14H,10-13H2,1H3,(H,29,30). The number of hydrogen-bond acceptors (Lipinski definition) is 2. The molecule has 162 valence electrons. The average molecular weight is 430 g/mol. The van der Waals surface area contributed by atoms with E-state index in [1.165, 1.54) is 25.2 Å². The lowest BCUT2D eigenvalue weighted by atomic mass is 9.85. The van der Waals surface area contributed by atoms with Crippen LogP contribution in [0.4, 0.5) is 18.9 Å². The summed E-state index contributed by atoms with van der Waals surface area (Å²) in [6, 6.07) is 12.5. The average Bonchev–Trinajstić information content (AvgIpc) is 3.05. The molecule has 1 aliphatic rings. The molecule has 0 saturated heterocycles. The van der Waals surface area contributed by atoms with Crippen molar-refractivity contribution < 1.29 is 27.9 Å². The number of carboxylic acid groups (broad SMARTS) is 1. The minimum Gasteiger partial charge on any atom is -0.480 e. The third kappa shape index (κ3) is 3.78. The van der Waals surface area contributed by atoms with Crippen molar-refractivity contribution in [2.75, 3.05) is 11.9 Å². The zero-order valence-electron chi connectivity index (χ0n) is 16.8. The number of carbonyl (C=O) groups is 2. The van der Waals surface area contributed by atoms with Gasteiger partial charge in [-0.3, -0.25) is 9.59 Å². The summed E-state index contributed by atoms with van der Waals surface area (Å²) in [6.07, 6.45) is -3.27. The largest absolute Gasteiger partial charge is 0.480 e. The Balaban J connectivity index is 1.67. The van der Waals surface area contributed by atoms with Gasteiger partial charge in [-0.1, -0.05) is 30.3 Å². The molecule has 0 fully saturated rings. The van der Waals surface area contributed by atoms with E-state index in [1.54, 1.807) is 4.57 Å². The van der Waals surface area contributed by atoms with Crippen LogP contribution in [0.3, 0.4) is 0 Å². The van der Waals surface area contributed by atoms with Crippen LogP contribution in [0.2, 0.25) is 0 Å². The molecule has 1 aliphatic carbocycles. The predicted octanol–water partition coefficient (Wildman–Crippen LogP) is 4.51. The summed E-state index contributed by atoms with van der Waals surface area (Å²) < 4.78 is 42.0. The number of fused-ring (bicyclic) bond motifs is 3.